The number of H-pyrrole nitrogens is 1. The van der Waals surface area contributed by atoms with Crippen LogP contribution in [0.1, 0.15) is 54.0 Å². The number of nitrogens with one attached hydrogen (secondary N) is 1. The summed E-state index contributed by atoms with van der Waals surface area (Å²) in [6.45, 7) is 0.842. The number of unbranched alkanes of at least 4 members (excludes halogenated alkanes) is 2. The topological polar surface area (TPSA) is 117 Å². The average molecular weight is 605 g/mol. The van der Waals surface area contributed by atoms with E-state index in [1.54, 1.807) is 11.8 Å². The number of thioether (sulfide) groups is 1. The van der Waals surface area contributed by atoms with E-state index in [-0.39, 0.29) is 63.9 Å². The van der Waals surface area contributed by atoms with E-state index in [9.17, 15) is 19.2 Å². The van der Waals surface area contributed by atoms with Gasteiger partial charge < -0.3 is 14.8 Å². The van der Waals surface area contributed by atoms with Crippen LogP contribution in [-0.2, 0) is 21.0 Å². The van der Waals surface area contributed by atoms with Gasteiger partial charge in [-0.1, -0.05) is 60.2 Å². The number of amides is 2. The van der Waals surface area contributed by atoms with Crippen LogP contribution in [0.25, 0.3) is 0 Å². The number of hydrogen-bond donors (Lipinski definition) is 2. The molecule has 8 nitrogen and oxygen atoms in total. The summed E-state index contributed by atoms with van der Waals surface area (Å²) in [5.41, 5.74) is 2.20. The van der Waals surface area contributed by atoms with Crippen molar-refractivity contribution in [2.45, 2.75) is 54.9 Å². The second-order valence-corrected chi connectivity index (χ2v) is 14.0. The van der Waals surface area contributed by atoms with Gasteiger partial charge in [0.05, 0.1) is 16.9 Å². The number of aromatic amines is 1. The number of thiazole rings is 1. The first kappa shape index (κ1) is 27.5. The second-order valence-electron chi connectivity index (χ2n) is 11.8. The van der Waals surface area contributed by atoms with Gasteiger partial charge in [0, 0.05) is 29.0 Å². The number of hydrogen-bond acceptors (Lipinski definition) is 7. The van der Waals surface area contributed by atoms with Gasteiger partial charge in [0.2, 0.25) is 11.8 Å². The van der Waals surface area contributed by atoms with E-state index in [1.165, 1.54) is 16.2 Å². The Labute approximate surface area is 251 Å². The number of carbonyl (C=O) groups is 3. The van der Waals surface area contributed by atoms with Crippen LogP contribution in [-0.4, -0.2) is 44.6 Å². The minimum absolute atomic E-state index is 0.0257. The van der Waals surface area contributed by atoms with E-state index in [1.807, 2.05) is 42.5 Å². The number of ether oxygens (including phenoxy) is 1. The quantitative estimate of drug-likeness (QED) is 0.243. The number of aromatic nitrogens is 1. The third-order valence-corrected chi connectivity index (χ3v) is 12.2. The Morgan fingerprint density at radius 1 is 0.952 bits per heavy atom. The van der Waals surface area contributed by atoms with Crippen molar-refractivity contribution >= 4 is 40.9 Å². The average Bonchev–Trinajstić information content (AvgIpc) is 3.72. The van der Waals surface area contributed by atoms with Gasteiger partial charge in [-0.25, -0.2) is 0 Å². The Kier molecular flexibility index (Phi) is 7.22. The van der Waals surface area contributed by atoms with Gasteiger partial charge in [-0.05, 0) is 60.3 Å². The molecular weight excluding hydrogens is 572 g/mol. The summed E-state index contributed by atoms with van der Waals surface area (Å²) in [6, 6.07) is 18.2. The number of carboxylic acids is 1. The monoisotopic (exact) mass is 604 g/mol. The molecule has 3 fully saturated rings. The van der Waals surface area contributed by atoms with Crippen molar-refractivity contribution in [1.82, 2.24) is 9.88 Å². The van der Waals surface area contributed by atoms with E-state index in [4.69, 9.17) is 9.84 Å². The molecule has 3 heterocycles. The molecule has 1 aromatic heterocycles. The molecule has 2 bridgehead atoms. The molecule has 7 rings (SSSR count). The van der Waals surface area contributed by atoms with Gasteiger partial charge in [-0.15, -0.1) is 11.8 Å². The number of rotatable bonds is 10. The molecule has 6 unspecified atom stereocenters. The Morgan fingerprint density at radius 3 is 2.43 bits per heavy atom. The van der Waals surface area contributed by atoms with E-state index < -0.39 is 5.97 Å². The van der Waals surface area contributed by atoms with Gasteiger partial charge in [-0.3, -0.25) is 24.1 Å². The highest BCUT2D eigenvalue weighted by Gasteiger charge is 2.69. The maximum Gasteiger partial charge on any atom is 0.305 e. The number of fused-ring (bicyclic) bond motifs is 9. The van der Waals surface area contributed by atoms with Gasteiger partial charge in [0.25, 0.3) is 0 Å². The minimum Gasteiger partial charge on any atom is -0.489 e. The van der Waals surface area contributed by atoms with Gasteiger partial charge in [0.15, 0.2) is 0 Å². The fourth-order valence-corrected chi connectivity index (χ4v) is 10.8. The van der Waals surface area contributed by atoms with Crippen LogP contribution in [0.15, 0.2) is 64.4 Å². The van der Waals surface area contributed by atoms with E-state index in [0.717, 1.165) is 33.2 Å². The van der Waals surface area contributed by atoms with Crippen LogP contribution >= 0.6 is 23.1 Å². The van der Waals surface area contributed by atoms with Gasteiger partial charge in [-0.2, -0.15) is 0 Å². The molecule has 2 aliphatic carbocycles. The zero-order chi connectivity index (χ0) is 29.0. The molecule has 0 radical (unpaired) electrons. The zero-order valence-electron chi connectivity index (χ0n) is 22.9. The number of carbonyl (C=O) groups excluding carboxylic acids is 2. The molecular formula is C32H32N2O6S2. The van der Waals surface area contributed by atoms with Crippen molar-refractivity contribution in [1.29, 1.82) is 0 Å². The summed E-state index contributed by atoms with van der Waals surface area (Å²) in [5, 5.41) is 9.94. The molecule has 2 N–H and O–H groups in total. The van der Waals surface area contributed by atoms with Crippen molar-refractivity contribution in [3.8, 4) is 5.75 Å². The largest absolute Gasteiger partial charge is 0.489 e. The van der Waals surface area contributed by atoms with Gasteiger partial charge >= 0.3 is 10.8 Å². The van der Waals surface area contributed by atoms with Crippen LogP contribution in [0.5, 0.6) is 5.75 Å². The molecule has 4 aliphatic rings. The highest BCUT2D eigenvalue weighted by atomic mass is 32.2. The molecule has 2 amide bonds. The molecule has 7 atom stereocenters. The lowest BCUT2D eigenvalue weighted by atomic mass is 9.68. The first-order valence-corrected chi connectivity index (χ1v) is 16.3. The molecule has 2 saturated carbocycles. The lowest BCUT2D eigenvalue weighted by molar-refractivity contribution is -0.141. The molecule has 10 heteroatoms. The maximum atomic E-state index is 13.7. The number of nitrogens with zero attached hydrogens (tertiary/aromatic N) is 1. The first-order chi connectivity index (χ1) is 20.4. The van der Waals surface area contributed by atoms with Crippen molar-refractivity contribution in [2.75, 3.05) is 6.54 Å². The van der Waals surface area contributed by atoms with Crippen LogP contribution in [0.3, 0.4) is 0 Å². The van der Waals surface area contributed by atoms with Crippen molar-refractivity contribution < 1.29 is 24.2 Å². The highest BCUT2D eigenvalue weighted by molar-refractivity contribution is 8.00. The zero-order valence-corrected chi connectivity index (χ0v) is 24.6. The molecule has 0 spiro atoms. The number of imide groups is 1. The Hall–Kier alpha value is -3.37. The number of aliphatic carboxylic acids is 1. The smallest absolute Gasteiger partial charge is 0.305 e. The van der Waals surface area contributed by atoms with E-state index in [2.05, 4.69) is 17.1 Å². The van der Waals surface area contributed by atoms with Crippen molar-refractivity contribution in [2.24, 2.45) is 29.6 Å². The maximum absolute atomic E-state index is 13.7. The second kappa shape index (κ2) is 11.0. The molecule has 2 aromatic carbocycles. The summed E-state index contributed by atoms with van der Waals surface area (Å²) < 4.78 is 6.02. The number of benzene rings is 2. The van der Waals surface area contributed by atoms with Crippen LogP contribution in [0, 0.1) is 29.6 Å². The molecule has 3 aromatic rings. The fraction of sp³-hybridized carbons (Fsp3) is 0.438. The summed E-state index contributed by atoms with van der Waals surface area (Å²) in [5.74, 6) is -0.472. The summed E-state index contributed by atoms with van der Waals surface area (Å²) in [6.07, 6.45) is 2.80. The Balaban J connectivity index is 1.12. The number of likely N-dealkylation sites (tertiary alicyclic amines) is 1. The normalized spacial score (nSPS) is 29.0. The van der Waals surface area contributed by atoms with Gasteiger partial charge in [0.1, 0.15) is 12.4 Å². The van der Waals surface area contributed by atoms with E-state index >= 15 is 0 Å². The predicted octanol–water partition coefficient (Wildman–Crippen LogP) is 5.13. The molecule has 2 aliphatic heterocycles. The van der Waals surface area contributed by atoms with Crippen LogP contribution in [0.4, 0.5) is 0 Å². The fourth-order valence-electron chi connectivity index (χ4n) is 7.91. The summed E-state index contributed by atoms with van der Waals surface area (Å²) >= 11 is 2.95. The third kappa shape index (κ3) is 4.68. The predicted molar refractivity (Wildman–Crippen MR) is 159 cm³/mol. The molecule has 1 saturated heterocycles. The SMILES string of the molecule is O=C(O)CCCCCN1C(=O)C2C3CC(C2C1=O)C1C3Sc2[nH]c(=O)sc2[C@@H]1c1ccc(OCc2ccccc2)cc1. The van der Waals surface area contributed by atoms with Crippen LogP contribution in [0.2, 0.25) is 0 Å². The minimum atomic E-state index is -0.826. The standard InChI is InChI=1S/C32H32N2O6S2/c35-22(36)9-5-2-6-14-34-30(37)25-20-15-21(26(25)31(34)38)27-24(20)23(28-29(41-27)33-32(39)42-28)18-10-12-19(13-11-18)40-16-17-7-3-1-4-8-17/h1,3-4,7-8,10-13,20-21,23-27H,2,5-6,9,14-16H2,(H,33,39)(H,35,36)/t20?,21?,23-,24?,25?,26?,27?/m1/s1. The molecule has 218 valence electrons. The van der Waals surface area contributed by atoms with Crippen molar-refractivity contribution in [3.63, 3.8) is 0 Å². The molecule has 42 heavy (non-hydrogen) atoms. The van der Waals surface area contributed by atoms with Crippen LogP contribution < -0.4 is 9.61 Å². The summed E-state index contributed by atoms with van der Waals surface area (Å²) in [4.78, 5) is 56.1. The lowest BCUT2D eigenvalue weighted by Gasteiger charge is -2.43. The lowest BCUT2D eigenvalue weighted by Crippen LogP contribution is -2.42. The van der Waals surface area contributed by atoms with Crippen molar-refractivity contribution in [3.05, 3.63) is 80.3 Å². The summed E-state index contributed by atoms with van der Waals surface area (Å²) in [7, 11) is 0. The number of carboxylic acid groups (broad SMARTS) is 1. The highest BCUT2D eigenvalue weighted by Crippen LogP contribution is 2.68. The Bertz CT molecular complexity index is 1570. The Morgan fingerprint density at radius 2 is 1.69 bits per heavy atom. The first-order valence-electron chi connectivity index (χ1n) is 14.6. The van der Waals surface area contributed by atoms with E-state index in [0.29, 0.717) is 32.4 Å². The third-order valence-electron chi connectivity index (χ3n) is 9.58.